The van der Waals surface area contributed by atoms with Gasteiger partial charge < -0.3 is 10.4 Å². The second-order valence-corrected chi connectivity index (χ2v) is 11.8. The minimum absolute atomic E-state index is 0.152. The zero-order chi connectivity index (χ0) is 26.3. The highest BCUT2D eigenvalue weighted by Crippen LogP contribution is 2.24. The zero-order valence-corrected chi connectivity index (χ0v) is 21.6. The molecule has 0 saturated heterocycles. The molecule has 3 N–H and O–H groups in total. The van der Waals surface area contributed by atoms with Gasteiger partial charge in [0.15, 0.2) is 0 Å². The molecule has 0 unspecified atom stereocenters. The van der Waals surface area contributed by atoms with Gasteiger partial charge in [-0.2, -0.15) is 0 Å². The first-order valence-electron chi connectivity index (χ1n) is 11.9. The Balaban J connectivity index is 1.80. The molecule has 194 valence electrons. The predicted molar refractivity (Wildman–Crippen MR) is 137 cm³/mol. The summed E-state index contributed by atoms with van der Waals surface area (Å²) in [6.07, 6.45) is 2.48. The van der Waals surface area contributed by atoms with E-state index in [1.807, 2.05) is 12.1 Å². The van der Waals surface area contributed by atoms with Gasteiger partial charge in [-0.3, -0.25) is 9.78 Å². The Bertz CT molecular complexity index is 1290. The van der Waals surface area contributed by atoms with Crippen LogP contribution in [0.4, 0.5) is 4.39 Å². The van der Waals surface area contributed by atoms with Crippen LogP contribution in [-0.4, -0.2) is 53.8 Å². The third kappa shape index (κ3) is 8.04. The van der Waals surface area contributed by atoms with Crippen molar-refractivity contribution >= 4 is 27.0 Å². The Morgan fingerprint density at radius 3 is 2.53 bits per heavy atom. The fourth-order valence-electron chi connectivity index (χ4n) is 4.08. The number of rotatable bonds is 12. The number of amides is 1. The van der Waals surface area contributed by atoms with E-state index in [0.717, 1.165) is 0 Å². The molecule has 1 amide bonds. The van der Waals surface area contributed by atoms with Crippen molar-refractivity contribution in [1.82, 2.24) is 20.0 Å². The maximum Gasteiger partial charge on any atom is 0.271 e. The van der Waals surface area contributed by atoms with Crippen LogP contribution in [0.3, 0.4) is 0 Å². The number of aromatic nitrogens is 2. The molecule has 8 nitrogen and oxygen atoms in total. The average Bonchev–Trinajstić information content (AvgIpc) is 2.83. The molecule has 3 rings (SSSR count). The first-order chi connectivity index (χ1) is 17.0. The van der Waals surface area contributed by atoms with E-state index in [0.29, 0.717) is 23.0 Å². The minimum Gasteiger partial charge on any atom is -0.390 e. The molecule has 2 aromatic carbocycles. The van der Waals surface area contributed by atoms with Crippen molar-refractivity contribution in [1.29, 1.82) is 0 Å². The molecule has 0 aliphatic heterocycles. The van der Waals surface area contributed by atoms with Gasteiger partial charge in [-0.25, -0.2) is 22.5 Å². The highest BCUT2D eigenvalue weighted by Gasteiger charge is 2.30. The summed E-state index contributed by atoms with van der Waals surface area (Å²) < 4.78 is 41.8. The lowest BCUT2D eigenvalue weighted by atomic mass is 9.91. The first kappa shape index (κ1) is 27.6. The molecule has 0 spiro atoms. The Labute approximate surface area is 211 Å². The smallest absolute Gasteiger partial charge is 0.271 e. The first-order valence-corrected chi connectivity index (χ1v) is 13.4. The molecule has 1 heterocycles. The van der Waals surface area contributed by atoms with Crippen molar-refractivity contribution in [3.63, 3.8) is 0 Å². The number of sulfonamides is 1. The molecule has 0 fully saturated rings. The van der Waals surface area contributed by atoms with Crippen molar-refractivity contribution < 1.29 is 22.7 Å². The monoisotopic (exact) mass is 516 g/mol. The van der Waals surface area contributed by atoms with Crippen LogP contribution in [0.5, 0.6) is 0 Å². The summed E-state index contributed by atoms with van der Waals surface area (Å²) in [7, 11) is -2.31. The number of hydrogen-bond donors (Lipinski definition) is 3. The molecule has 0 bridgehead atoms. The van der Waals surface area contributed by atoms with Gasteiger partial charge in [0.2, 0.25) is 10.0 Å². The van der Waals surface area contributed by atoms with Gasteiger partial charge in [0, 0.05) is 6.54 Å². The Kier molecular flexibility index (Phi) is 9.10. The maximum atomic E-state index is 13.8. The summed E-state index contributed by atoms with van der Waals surface area (Å²) in [5.74, 6) is -1.13. The number of aliphatic hydroxyl groups is 1. The van der Waals surface area contributed by atoms with Crippen LogP contribution < -0.4 is 10.0 Å². The molecular weight excluding hydrogens is 483 g/mol. The van der Waals surface area contributed by atoms with Crippen molar-refractivity contribution in [3.8, 4) is 0 Å². The highest BCUT2D eigenvalue weighted by atomic mass is 32.2. The molecule has 0 aliphatic carbocycles. The quantitative estimate of drug-likeness (QED) is 0.340. The second-order valence-electron chi connectivity index (χ2n) is 9.61. The number of para-hydroxylation sites is 2. The number of carbonyl (C=O) groups is 1. The molecule has 0 saturated carbocycles. The fraction of sp³-hybridized carbons (Fsp3) is 0.423. The average molecular weight is 517 g/mol. The van der Waals surface area contributed by atoms with Gasteiger partial charge in [-0.15, -0.1) is 0 Å². The molecule has 36 heavy (non-hydrogen) atoms. The van der Waals surface area contributed by atoms with Gasteiger partial charge >= 0.3 is 0 Å². The molecule has 0 aliphatic rings. The predicted octanol–water partition coefficient (Wildman–Crippen LogP) is 3.22. The summed E-state index contributed by atoms with van der Waals surface area (Å²) >= 11 is 0. The number of nitrogens with zero attached hydrogens (tertiary/aromatic N) is 2. The Morgan fingerprint density at radius 1 is 1.14 bits per heavy atom. The number of nitrogens with one attached hydrogen (secondary N) is 2. The molecule has 10 heteroatoms. The molecular formula is C26H33FN4O4S. The molecule has 3 aromatic rings. The largest absolute Gasteiger partial charge is 0.390 e. The Morgan fingerprint density at radius 2 is 1.86 bits per heavy atom. The van der Waals surface area contributed by atoms with Crippen molar-refractivity contribution in [2.75, 3.05) is 13.6 Å². The second kappa shape index (κ2) is 11.9. The third-order valence-corrected chi connectivity index (χ3v) is 7.92. The van der Waals surface area contributed by atoms with E-state index in [1.54, 1.807) is 38.1 Å². The number of fused-ring (bicyclic) bond motifs is 1. The SMILES string of the molecule is CNS(=O)(=O)[C@H](CCC(C)(C)O)C[C@@H](CNC(=O)c1cnc2ccccc2n1)Cc1cccc(F)c1. The molecule has 0 radical (unpaired) electrons. The van der Waals surface area contributed by atoms with E-state index in [2.05, 4.69) is 20.0 Å². The van der Waals surface area contributed by atoms with E-state index in [-0.39, 0.29) is 43.2 Å². The van der Waals surface area contributed by atoms with Crippen LogP contribution in [0.1, 0.15) is 49.2 Å². The molecule has 1 aromatic heterocycles. The fourth-order valence-corrected chi connectivity index (χ4v) is 5.37. The van der Waals surface area contributed by atoms with E-state index < -0.39 is 26.8 Å². The summed E-state index contributed by atoms with van der Waals surface area (Å²) in [5, 5.41) is 12.2. The number of hydrogen-bond acceptors (Lipinski definition) is 6. The van der Waals surface area contributed by atoms with Gasteiger partial charge in [-0.05, 0) is 82.3 Å². The van der Waals surface area contributed by atoms with Crippen molar-refractivity contribution in [2.45, 2.75) is 50.4 Å². The lowest BCUT2D eigenvalue weighted by molar-refractivity contribution is 0.0679. The van der Waals surface area contributed by atoms with Crippen molar-refractivity contribution in [2.24, 2.45) is 5.92 Å². The maximum absolute atomic E-state index is 13.8. The standard InChI is InChI=1S/C26H33FN4O4S/c1-26(2,33)12-11-21(36(34,35)28-3)15-19(13-18-7-6-8-20(27)14-18)16-30-25(32)24-17-29-22-9-4-5-10-23(22)31-24/h4-10,14,17,19,21,28,33H,11-13,15-16H2,1-3H3,(H,30,32)/t19-,21+/m0/s1. The summed E-state index contributed by atoms with van der Waals surface area (Å²) in [6, 6.07) is 13.3. The van der Waals surface area contributed by atoms with Gasteiger partial charge in [0.05, 0.1) is 28.1 Å². The number of carbonyl (C=O) groups excluding carboxylic acids is 1. The van der Waals surface area contributed by atoms with Crippen LogP contribution >= 0.6 is 0 Å². The van der Waals surface area contributed by atoms with Crippen LogP contribution in [0.2, 0.25) is 0 Å². The van der Waals surface area contributed by atoms with E-state index in [1.165, 1.54) is 25.4 Å². The number of benzene rings is 2. The third-order valence-electron chi connectivity index (χ3n) is 6.04. The van der Waals surface area contributed by atoms with Crippen LogP contribution in [0, 0.1) is 11.7 Å². The lowest BCUT2D eigenvalue weighted by Crippen LogP contribution is -2.38. The van der Waals surface area contributed by atoms with Crippen LogP contribution in [0.15, 0.2) is 54.7 Å². The van der Waals surface area contributed by atoms with E-state index in [9.17, 15) is 22.7 Å². The van der Waals surface area contributed by atoms with Gasteiger partial charge in [0.25, 0.3) is 5.91 Å². The van der Waals surface area contributed by atoms with Crippen LogP contribution in [-0.2, 0) is 16.4 Å². The summed E-state index contributed by atoms with van der Waals surface area (Å²) in [5.41, 5.74) is 1.09. The van der Waals surface area contributed by atoms with Crippen molar-refractivity contribution in [3.05, 3.63) is 71.8 Å². The minimum atomic E-state index is -3.66. The van der Waals surface area contributed by atoms with Gasteiger partial charge in [-0.1, -0.05) is 24.3 Å². The topological polar surface area (TPSA) is 121 Å². The number of halogens is 1. The van der Waals surface area contributed by atoms with Crippen LogP contribution in [0.25, 0.3) is 11.0 Å². The Hall–Kier alpha value is -2.95. The lowest BCUT2D eigenvalue weighted by Gasteiger charge is -2.26. The normalized spacial score (nSPS) is 13.9. The molecule has 2 atom stereocenters. The van der Waals surface area contributed by atoms with Gasteiger partial charge in [0.1, 0.15) is 11.5 Å². The van der Waals surface area contributed by atoms with E-state index >= 15 is 0 Å². The summed E-state index contributed by atoms with van der Waals surface area (Å²) in [4.78, 5) is 21.5. The summed E-state index contributed by atoms with van der Waals surface area (Å²) in [6.45, 7) is 3.41. The van der Waals surface area contributed by atoms with E-state index in [4.69, 9.17) is 0 Å². The zero-order valence-electron chi connectivity index (χ0n) is 20.7. The highest BCUT2D eigenvalue weighted by molar-refractivity contribution is 7.90.